The summed E-state index contributed by atoms with van der Waals surface area (Å²) in [5, 5.41) is 2.09. The zero-order valence-corrected chi connectivity index (χ0v) is 17.0. The molecule has 6 nitrogen and oxygen atoms in total. The quantitative estimate of drug-likeness (QED) is 0.505. The van der Waals surface area contributed by atoms with E-state index in [1.165, 1.54) is 28.4 Å². The molecule has 1 amide bonds. The minimum absolute atomic E-state index is 0.0954. The summed E-state index contributed by atoms with van der Waals surface area (Å²) in [5.41, 5.74) is 0. The van der Waals surface area contributed by atoms with E-state index < -0.39 is 10.0 Å². The van der Waals surface area contributed by atoms with Crippen LogP contribution in [0.15, 0.2) is 62.0 Å². The SMILES string of the molecule is COCCCN1C(=O)/C(=C/c2cccs2)S/C1=N\S(=O)(=O)c1ccccc1. The highest BCUT2D eigenvalue weighted by molar-refractivity contribution is 8.19. The lowest BCUT2D eigenvalue weighted by Crippen LogP contribution is -2.31. The van der Waals surface area contributed by atoms with Gasteiger partial charge in [-0.1, -0.05) is 24.3 Å². The van der Waals surface area contributed by atoms with Crippen LogP contribution in [0.25, 0.3) is 6.08 Å². The number of sulfonamides is 1. The molecule has 0 spiro atoms. The number of carbonyl (C=O) groups excluding carboxylic acids is 1. The first-order valence-electron chi connectivity index (χ1n) is 8.15. The number of nitrogens with zero attached hydrogens (tertiary/aromatic N) is 2. The van der Waals surface area contributed by atoms with Crippen molar-refractivity contribution in [3.8, 4) is 0 Å². The van der Waals surface area contributed by atoms with Crippen molar-refractivity contribution in [1.82, 2.24) is 4.90 Å². The van der Waals surface area contributed by atoms with Crippen molar-refractivity contribution in [2.75, 3.05) is 20.3 Å². The summed E-state index contributed by atoms with van der Waals surface area (Å²) < 4.78 is 34.2. The Balaban J connectivity index is 1.94. The van der Waals surface area contributed by atoms with Crippen molar-refractivity contribution < 1.29 is 17.9 Å². The fourth-order valence-electron chi connectivity index (χ4n) is 2.39. The third-order valence-electron chi connectivity index (χ3n) is 3.67. The first-order chi connectivity index (χ1) is 13.0. The maximum absolute atomic E-state index is 12.8. The molecule has 9 heteroatoms. The second-order valence-electron chi connectivity index (χ2n) is 5.59. The Bertz CT molecular complexity index is 952. The summed E-state index contributed by atoms with van der Waals surface area (Å²) in [6.07, 6.45) is 2.35. The third-order valence-corrected chi connectivity index (χ3v) is 6.90. The molecule has 0 saturated carbocycles. The maximum atomic E-state index is 12.8. The van der Waals surface area contributed by atoms with Crippen LogP contribution >= 0.6 is 23.1 Å². The fraction of sp³-hybridized carbons (Fsp3) is 0.222. The zero-order valence-electron chi connectivity index (χ0n) is 14.6. The molecule has 142 valence electrons. The Hall–Kier alpha value is -1.94. The molecular formula is C18H18N2O4S3. The van der Waals surface area contributed by atoms with Crippen LogP contribution in [0.1, 0.15) is 11.3 Å². The van der Waals surface area contributed by atoms with Crippen molar-refractivity contribution >= 4 is 50.3 Å². The van der Waals surface area contributed by atoms with E-state index in [0.717, 1.165) is 16.6 Å². The van der Waals surface area contributed by atoms with Gasteiger partial charge in [0.1, 0.15) is 0 Å². The lowest BCUT2D eigenvalue weighted by molar-refractivity contribution is -0.122. The molecule has 0 radical (unpaired) electrons. The van der Waals surface area contributed by atoms with E-state index in [4.69, 9.17) is 4.74 Å². The molecule has 3 rings (SSSR count). The van der Waals surface area contributed by atoms with Crippen LogP contribution in [-0.2, 0) is 19.6 Å². The predicted octanol–water partition coefficient (Wildman–Crippen LogP) is 3.45. The number of hydrogen-bond acceptors (Lipinski definition) is 6. The summed E-state index contributed by atoms with van der Waals surface area (Å²) in [4.78, 5) is 15.7. The maximum Gasteiger partial charge on any atom is 0.284 e. The molecule has 1 aromatic heterocycles. The van der Waals surface area contributed by atoms with Gasteiger partial charge in [0.05, 0.1) is 9.80 Å². The van der Waals surface area contributed by atoms with Gasteiger partial charge in [0.2, 0.25) is 0 Å². The highest BCUT2D eigenvalue weighted by Gasteiger charge is 2.34. The average molecular weight is 423 g/mol. The Morgan fingerprint density at radius 2 is 1.96 bits per heavy atom. The minimum Gasteiger partial charge on any atom is -0.385 e. The number of carbonyl (C=O) groups is 1. The van der Waals surface area contributed by atoms with Gasteiger partial charge in [-0.2, -0.15) is 8.42 Å². The first-order valence-corrected chi connectivity index (χ1v) is 11.3. The van der Waals surface area contributed by atoms with E-state index in [1.54, 1.807) is 31.4 Å². The Kier molecular flexibility index (Phi) is 6.48. The van der Waals surface area contributed by atoms with Gasteiger partial charge in [0.25, 0.3) is 15.9 Å². The van der Waals surface area contributed by atoms with Crippen LogP contribution in [0.3, 0.4) is 0 Å². The molecule has 0 bridgehead atoms. The van der Waals surface area contributed by atoms with Gasteiger partial charge in [-0.05, 0) is 47.8 Å². The number of rotatable bonds is 7. The molecule has 1 fully saturated rings. The monoisotopic (exact) mass is 422 g/mol. The molecule has 2 aromatic rings. The van der Waals surface area contributed by atoms with Gasteiger partial charge < -0.3 is 4.74 Å². The lowest BCUT2D eigenvalue weighted by atomic mass is 10.3. The van der Waals surface area contributed by atoms with Gasteiger partial charge in [-0.3, -0.25) is 9.69 Å². The summed E-state index contributed by atoms with van der Waals surface area (Å²) in [6.45, 7) is 0.807. The van der Waals surface area contributed by atoms with Crippen LogP contribution in [0.4, 0.5) is 0 Å². The second kappa shape index (κ2) is 8.83. The van der Waals surface area contributed by atoms with E-state index in [-0.39, 0.29) is 16.0 Å². The first kappa shape index (κ1) is 19.8. The lowest BCUT2D eigenvalue weighted by Gasteiger charge is -2.15. The Morgan fingerprint density at radius 3 is 2.63 bits per heavy atom. The Labute approximate surface area is 166 Å². The molecule has 0 aliphatic carbocycles. The molecule has 1 aliphatic heterocycles. The molecule has 27 heavy (non-hydrogen) atoms. The highest BCUT2D eigenvalue weighted by atomic mass is 32.2. The standard InChI is InChI=1S/C18H18N2O4S3/c1-24-11-6-10-20-17(21)16(13-14-7-5-12-25-14)26-18(20)19-27(22,23)15-8-3-2-4-9-15/h2-5,7-9,12-13H,6,10-11H2,1H3/b16-13-,19-18-. The fourth-order valence-corrected chi connectivity index (χ4v) is 5.34. The summed E-state index contributed by atoms with van der Waals surface area (Å²) in [7, 11) is -2.32. The number of benzene rings is 1. The second-order valence-corrected chi connectivity index (χ2v) is 9.18. The van der Waals surface area contributed by atoms with E-state index in [2.05, 4.69) is 4.40 Å². The molecule has 0 unspecified atom stereocenters. The van der Waals surface area contributed by atoms with E-state index in [0.29, 0.717) is 24.5 Å². The summed E-state index contributed by atoms with van der Waals surface area (Å²) in [6, 6.07) is 11.8. The highest BCUT2D eigenvalue weighted by Crippen LogP contribution is 2.34. The van der Waals surface area contributed by atoms with Crippen LogP contribution < -0.4 is 0 Å². The van der Waals surface area contributed by atoms with Gasteiger partial charge in [-0.25, -0.2) is 0 Å². The minimum atomic E-state index is -3.90. The predicted molar refractivity (Wildman–Crippen MR) is 109 cm³/mol. The van der Waals surface area contributed by atoms with Gasteiger partial charge >= 0.3 is 0 Å². The molecule has 1 aliphatic rings. The van der Waals surface area contributed by atoms with Crippen molar-refractivity contribution in [3.05, 3.63) is 57.6 Å². The zero-order chi connectivity index (χ0) is 19.3. The smallest absolute Gasteiger partial charge is 0.284 e. The number of amides is 1. The number of amidine groups is 1. The Morgan fingerprint density at radius 1 is 1.19 bits per heavy atom. The largest absolute Gasteiger partial charge is 0.385 e. The number of thiophene rings is 1. The number of hydrogen-bond donors (Lipinski definition) is 0. The number of thioether (sulfide) groups is 1. The van der Waals surface area contributed by atoms with Crippen LogP contribution in [-0.4, -0.2) is 44.7 Å². The number of ether oxygens (including phenoxy) is 1. The van der Waals surface area contributed by atoms with E-state index >= 15 is 0 Å². The topological polar surface area (TPSA) is 76.0 Å². The molecule has 1 aromatic carbocycles. The number of methoxy groups -OCH3 is 1. The van der Waals surface area contributed by atoms with Crippen LogP contribution in [0.5, 0.6) is 0 Å². The molecule has 2 heterocycles. The molecule has 0 N–H and O–H groups in total. The molecule has 0 atom stereocenters. The molecule has 1 saturated heterocycles. The van der Waals surface area contributed by atoms with Crippen molar-refractivity contribution in [2.45, 2.75) is 11.3 Å². The van der Waals surface area contributed by atoms with E-state index in [9.17, 15) is 13.2 Å². The van der Waals surface area contributed by atoms with Gasteiger partial charge in [-0.15, -0.1) is 15.7 Å². The normalized spacial score (nSPS) is 18.0. The van der Waals surface area contributed by atoms with Crippen LogP contribution in [0.2, 0.25) is 0 Å². The van der Waals surface area contributed by atoms with Crippen molar-refractivity contribution in [1.29, 1.82) is 0 Å². The van der Waals surface area contributed by atoms with Crippen molar-refractivity contribution in [2.24, 2.45) is 4.40 Å². The van der Waals surface area contributed by atoms with Crippen molar-refractivity contribution in [3.63, 3.8) is 0 Å². The van der Waals surface area contributed by atoms with E-state index in [1.807, 2.05) is 17.5 Å². The molecular weight excluding hydrogens is 404 g/mol. The third kappa shape index (κ3) is 4.86. The summed E-state index contributed by atoms with van der Waals surface area (Å²) >= 11 is 2.59. The summed E-state index contributed by atoms with van der Waals surface area (Å²) in [5.74, 6) is -0.244. The van der Waals surface area contributed by atoms with Crippen LogP contribution in [0, 0.1) is 0 Å². The van der Waals surface area contributed by atoms with Gasteiger partial charge in [0.15, 0.2) is 5.17 Å². The average Bonchev–Trinajstić information content (AvgIpc) is 3.26. The van der Waals surface area contributed by atoms with Gasteiger partial charge in [0, 0.05) is 25.1 Å².